The molecule has 536 valence electrons. The molecule has 0 saturated heterocycles. The third-order valence-corrected chi connectivity index (χ3v) is 18.1. The van der Waals surface area contributed by atoms with Crippen LogP contribution in [-0.2, 0) is 18.4 Å². The highest BCUT2D eigenvalue weighted by atomic mass is 31.2. The lowest BCUT2D eigenvalue weighted by Gasteiger charge is -2.26. The van der Waals surface area contributed by atoms with Gasteiger partial charge in [-0.15, -0.1) is 0 Å². The highest BCUT2D eigenvalue weighted by Gasteiger charge is 2.28. The lowest BCUT2D eigenvalue weighted by atomic mass is 10.0. The van der Waals surface area contributed by atoms with Gasteiger partial charge in [0.1, 0.15) is 13.2 Å². The van der Waals surface area contributed by atoms with Gasteiger partial charge in [-0.2, -0.15) is 0 Å². The average Bonchev–Trinajstić information content (AvgIpc) is 1.94. The van der Waals surface area contributed by atoms with Crippen molar-refractivity contribution in [1.29, 1.82) is 0 Å². The number of likely N-dealkylation sites (N-methyl/N-ethyl adjacent to an activating group) is 1. The first-order valence-corrected chi connectivity index (χ1v) is 40.5. The molecule has 3 unspecified atom stereocenters. The second-order valence-electron chi connectivity index (χ2n) is 27.4. The van der Waals surface area contributed by atoms with Crippen molar-refractivity contribution in [2.24, 2.45) is 0 Å². The van der Waals surface area contributed by atoms with Gasteiger partial charge in [0.2, 0.25) is 5.91 Å². The molecule has 3 N–H and O–H groups in total. The predicted octanol–water partition coefficient (Wildman–Crippen LogP) is 25.7. The Kier molecular flexibility index (Phi) is 70.3. The molecule has 0 rings (SSSR count). The minimum atomic E-state index is -4.35. The maximum Gasteiger partial charge on any atom is 0.472 e. The van der Waals surface area contributed by atoms with Gasteiger partial charge in [0, 0.05) is 6.42 Å². The molecule has 0 bridgehead atoms. The fourth-order valence-corrected chi connectivity index (χ4v) is 11.9. The van der Waals surface area contributed by atoms with Gasteiger partial charge in [0.25, 0.3) is 0 Å². The number of quaternary nitrogens is 1. The van der Waals surface area contributed by atoms with E-state index in [4.69, 9.17) is 9.05 Å². The Morgan fingerprint density at radius 2 is 0.645 bits per heavy atom. The number of nitrogens with one attached hydrogen (secondary N) is 1. The van der Waals surface area contributed by atoms with Crippen LogP contribution in [0.3, 0.4) is 0 Å². The Hall–Kier alpha value is -3.36. The molecule has 0 aliphatic rings. The minimum Gasteiger partial charge on any atom is -0.391 e. The van der Waals surface area contributed by atoms with Gasteiger partial charge in [-0.3, -0.25) is 13.8 Å². The van der Waals surface area contributed by atoms with Gasteiger partial charge in [0.05, 0.1) is 39.9 Å². The number of unbranched alkanes of at least 4 members (excludes halogenated alkanes) is 36. The Balaban J connectivity index is 4.09. The zero-order valence-electron chi connectivity index (χ0n) is 61.5. The lowest BCUT2D eigenvalue weighted by molar-refractivity contribution is -0.870. The Labute approximate surface area is 576 Å². The molecule has 9 heteroatoms. The monoisotopic (exact) mass is 1310 g/mol. The molecule has 0 aromatic heterocycles. The molecule has 0 aliphatic carbocycles. The summed E-state index contributed by atoms with van der Waals surface area (Å²) in [5.41, 5.74) is 0. The first kappa shape index (κ1) is 89.6. The molecule has 93 heavy (non-hydrogen) atoms. The highest BCUT2D eigenvalue weighted by molar-refractivity contribution is 7.47. The van der Waals surface area contributed by atoms with E-state index in [-0.39, 0.29) is 19.1 Å². The zero-order chi connectivity index (χ0) is 67.6. The maximum absolute atomic E-state index is 13.1. The van der Waals surface area contributed by atoms with Gasteiger partial charge >= 0.3 is 7.82 Å². The summed E-state index contributed by atoms with van der Waals surface area (Å²) < 4.78 is 23.9. The normalized spacial score (nSPS) is 14.3. The Morgan fingerprint density at radius 3 is 0.946 bits per heavy atom. The highest BCUT2D eigenvalue weighted by Crippen LogP contribution is 2.43. The molecule has 0 heterocycles. The molecule has 3 atom stereocenters. The van der Waals surface area contributed by atoms with E-state index < -0.39 is 20.0 Å². The van der Waals surface area contributed by atoms with Crippen LogP contribution in [0.15, 0.2) is 134 Å². The minimum absolute atomic E-state index is 0.0645. The van der Waals surface area contributed by atoms with Crippen LogP contribution in [0.2, 0.25) is 0 Å². The topological polar surface area (TPSA) is 105 Å². The van der Waals surface area contributed by atoms with E-state index in [9.17, 15) is 19.4 Å². The Bertz CT molecular complexity index is 1990. The summed E-state index contributed by atoms with van der Waals surface area (Å²) >= 11 is 0. The molecule has 1 amide bonds. The predicted molar refractivity (Wildman–Crippen MR) is 410 cm³/mol. The summed E-state index contributed by atoms with van der Waals surface area (Å²) in [5, 5.41) is 14.2. The van der Waals surface area contributed by atoms with Crippen LogP contribution in [0, 0.1) is 0 Å². The van der Waals surface area contributed by atoms with Crippen molar-refractivity contribution in [2.45, 2.75) is 353 Å². The van der Waals surface area contributed by atoms with Crippen molar-refractivity contribution in [1.82, 2.24) is 5.32 Å². The maximum atomic E-state index is 13.1. The molecule has 0 aromatic carbocycles. The molecule has 0 radical (unpaired) electrons. The fraction of sp³-hybridized carbons (Fsp3) is 0.726. The number of rotatable bonds is 71. The number of nitrogens with zero attached hydrogens (tertiary/aromatic N) is 1. The lowest BCUT2D eigenvalue weighted by Crippen LogP contribution is -2.46. The molecule has 0 saturated carbocycles. The number of phosphoric ester groups is 1. The SMILES string of the molecule is CC/C=C\C/C=C\C/C=C\C/C=C\C/C=C\C/C=C\C/C=C\C/C=C\C/C=C\C/C=C\C/C=C\CCCCCCCC(=O)NC(COP(=O)(O)OCC[N+](C)(C)C)C(O)CCCCCCCCCCCCCCCCCCCCCCCCCCCCCCCCCC. The average molecular weight is 1320 g/mol. The van der Waals surface area contributed by atoms with Crippen LogP contribution in [0.5, 0.6) is 0 Å². The molecule has 8 nitrogen and oxygen atoms in total. The molecule has 0 aliphatic heterocycles. The second kappa shape index (κ2) is 72.9. The number of aliphatic hydroxyl groups is 1. The number of phosphoric acid groups is 1. The van der Waals surface area contributed by atoms with Gasteiger partial charge in [-0.1, -0.05) is 372 Å². The number of hydrogen-bond donors (Lipinski definition) is 3. The van der Waals surface area contributed by atoms with Crippen molar-refractivity contribution >= 4 is 13.7 Å². The van der Waals surface area contributed by atoms with E-state index in [2.05, 4.69) is 153 Å². The van der Waals surface area contributed by atoms with Gasteiger partial charge in [-0.25, -0.2) is 4.57 Å². The van der Waals surface area contributed by atoms with E-state index in [1.807, 2.05) is 21.1 Å². The standard InChI is InChI=1S/C84H149N2O6P/c1-6-8-10-12-14-16-18-20-22-24-26-28-30-32-34-36-38-40-41-42-43-44-45-46-48-50-52-54-56-58-60-62-64-66-68-70-72-74-76-78-84(88)85-82(81-92-93(89,90)91-80-79-86(3,4)5)83(87)77-75-73-71-69-67-65-63-61-59-57-55-53-51-49-47-39-37-35-33-31-29-27-25-23-21-19-17-15-13-11-9-7-2/h8,10,14,16,20,22,26,28,32,34,38,40,42-43,45-46,50,52,56,58,62,64,82-83,87H,6-7,9,11-13,15,17-19,21,23-25,27,29-31,33,35-37,39,41,44,47-49,51,53-55,57,59-61,63,65-81H2,1-5H3,(H-,85,88,89,90)/p+1/b10-8-,16-14-,22-20-,28-26-,34-32-,40-38-,43-42-,46-45-,52-50-,58-56-,64-62-. The quantitative estimate of drug-likeness (QED) is 0.0243. The fourth-order valence-electron chi connectivity index (χ4n) is 11.2. The molecular formula is C84H150N2O6P+. The number of amides is 1. The van der Waals surface area contributed by atoms with Gasteiger partial charge < -0.3 is 19.8 Å². The van der Waals surface area contributed by atoms with Crippen LogP contribution in [0.1, 0.15) is 341 Å². The Morgan fingerprint density at radius 1 is 0.376 bits per heavy atom. The summed E-state index contributed by atoms with van der Waals surface area (Å²) in [5.74, 6) is -0.164. The van der Waals surface area contributed by atoms with Crippen LogP contribution < -0.4 is 5.32 Å². The van der Waals surface area contributed by atoms with Crippen molar-refractivity contribution < 1.29 is 32.9 Å². The summed E-state index contributed by atoms with van der Waals surface area (Å²) in [4.78, 5) is 23.5. The summed E-state index contributed by atoms with van der Waals surface area (Å²) in [6.45, 7) is 4.79. The van der Waals surface area contributed by atoms with Crippen molar-refractivity contribution in [3.05, 3.63) is 134 Å². The summed E-state index contributed by atoms with van der Waals surface area (Å²) in [7, 11) is 1.59. The van der Waals surface area contributed by atoms with E-state index in [1.165, 1.54) is 186 Å². The molecule has 0 fully saturated rings. The van der Waals surface area contributed by atoms with Crippen LogP contribution in [-0.4, -0.2) is 73.4 Å². The number of allylic oxidation sites excluding steroid dienone is 22. The van der Waals surface area contributed by atoms with Crippen molar-refractivity contribution in [2.75, 3.05) is 40.9 Å². The largest absolute Gasteiger partial charge is 0.472 e. The first-order chi connectivity index (χ1) is 45.5. The number of carbonyl (C=O) groups is 1. The third kappa shape index (κ3) is 75.9. The van der Waals surface area contributed by atoms with Crippen molar-refractivity contribution in [3.8, 4) is 0 Å². The number of aliphatic hydroxyl groups excluding tert-OH is 1. The van der Waals surface area contributed by atoms with E-state index in [1.54, 1.807) is 0 Å². The molecule has 0 aromatic rings. The van der Waals surface area contributed by atoms with Crippen LogP contribution in [0.4, 0.5) is 0 Å². The summed E-state index contributed by atoms with van der Waals surface area (Å²) in [6, 6.07) is -0.784. The van der Waals surface area contributed by atoms with Crippen molar-refractivity contribution in [3.63, 3.8) is 0 Å². The van der Waals surface area contributed by atoms with E-state index in [0.717, 1.165) is 128 Å². The van der Waals surface area contributed by atoms with E-state index >= 15 is 0 Å². The molecule has 0 spiro atoms. The number of hydrogen-bond acceptors (Lipinski definition) is 5. The van der Waals surface area contributed by atoms with Crippen LogP contribution >= 0.6 is 7.82 Å². The molecular weight excluding hydrogens is 1160 g/mol. The van der Waals surface area contributed by atoms with Gasteiger partial charge in [0.15, 0.2) is 0 Å². The smallest absolute Gasteiger partial charge is 0.391 e. The summed E-state index contributed by atoms with van der Waals surface area (Å²) in [6.07, 6.45) is 110. The van der Waals surface area contributed by atoms with E-state index in [0.29, 0.717) is 23.9 Å². The third-order valence-electron chi connectivity index (χ3n) is 17.2. The number of carbonyl (C=O) groups excluding carboxylic acids is 1. The first-order valence-electron chi connectivity index (χ1n) is 39.0. The van der Waals surface area contributed by atoms with Crippen LogP contribution in [0.25, 0.3) is 0 Å². The van der Waals surface area contributed by atoms with Gasteiger partial charge in [-0.05, 0) is 96.3 Å². The zero-order valence-corrected chi connectivity index (χ0v) is 62.4. The second-order valence-corrected chi connectivity index (χ2v) is 28.8.